The molecular weight excluding hydrogens is 255 g/mol. The van der Waals surface area contributed by atoms with Crippen LogP contribution in [0.1, 0.15) is 31.5 Å². The van der Waals surface area contributed by atoms with Crippen LogP contribution in [0.25, 0.3) is 0 Å². The van der Waals surface area contributed by atoms with Crippen LogP contribution in [-0.2, 0) is 0 Å². The van der Waals surface area contributed by atoms with Crippen LogP contribution < -0.4 is 10.6 Å². The van der Waals surface area contributed by atoms with Crippen molar-refractivity contribution < 1.29 is 13.2 Å². The van der Waals surface area contributed by atoms with E-state index in [1.807, 2.05) is 6.92 Å². The summed E-state index contributed by atoms with van der Waals surface area (Å²) in [4.78, 5) is 5.94. The fraction of sp³-hybridized carbons (Fsp3) is 0.615. The maximum atomic E-state index is 12.7. The van der Waals surface area contributed by atoms with E-state index in [1.54, 1.807) is 23.2 Å². The number of halogens is 3. The van der Waals surface area contributed by atoms with Gasteiger partial charge < -0.3 is 10.6 Å². The fourth-order valence-electron chi connectivity index (χ4n) is 2.33. The molecule has 1 aromatic heterocycles. The number of piperidine rings is 1. The lowest BCUT2D eigenvalue weighted by Crippen LogP contribution is -2.41. The van der Waals surface area contributed by atoms with E-state index in [0.717, 1.165) is 11.4 Å². The molecule has 2 N–H and O–H groups in total. The third-order valence-corrected chi connectivity index (χ3v) is 3.49. The highest BCUT2D eigenvalue weighted by molar-refractivity contribution is 5.45. The van der Waals surface area contributed by atoms with Gasteiger partial charge in [-0.2, -0.15) is 13.2 Å². The van der Waals surface area contributed by atoms with E-state index in [0.29, 0.717) is 13.0 Å². The number of pyridine rings is 1. The van der Waals surface area contributed by atoms with E-state index in [2.05, 4.69) is 4.98 Å². The van der Waals surface area contributed by atoms with Gasteiger partial charge in [0.25, 0.3) is 0 Å². The Labute approximate surface area is 110 Å². The predicted octanol–water partition coefficient (Wildman–Crippen LogP) is 2.88. The maximum Gasteiger partial charge on any atom is 0.393 e. The fourth-order valence-corrected chi connectivity index (χ4v) is 2.33. The van der Waals surface area contributed by atoms with E-state index in [-0.39, 0.29) is 19.0 Å². The minimum atomic E-state index is -4.11. The molecule has 0 aromatic carbocycles. The van der Waals surface area contributed by atoms with Gasteiger partial charge in [0.2, 0.25) is 0 Å². The van der Waals surface area contributed by atoms with Crippen molar-refractivity contribution in [2.75, 3.05) is 18.0 Å². The van der Waals surface area contributed by atoms with Crippen LogP contribution in [-0.4, -0.2) is 24.2 Å². The van der Waals surface area contributed by atoms with Gasteiger partial charge in [0.1, 0.15) is 0 Å². The average Bonchev–Trinajstić information content (AvgIpc) is 2.38. The molecule has 1 unspecified atom stereocenters. The molecule has 0 spiro atoms. The molecule has 6 heteroatoms. The van der Waals surface area contributed by atoms with Crippen molar-refractivity contribution in [2.45, 2.75) is 32.0 Å². The molecule has 1 aliphatic rings. The first-order valence-corrected chi connectivity index (χ1v) is 6.41. The summed E-state index contributed by atoms with van der Waals surface area (Å²) in [5, 5.41) is 0. The highest BCUT2D eigenvalue weighted by Gasteiger charge is 2.41. The molecule has 1 aliphatic heterocycles. The van der Waals surface area contributed by atoms with Gasteiger partial charge in [-0.25, -0.2) is 0 Å². The summed E-state index contributed by atoms with van der Waals surface area (Å²) in [5.41, 5.74) is 7.17. The van der Waals surface area contributed by atoms with Crippen LogP contribution in [0.5, 0.6) is 0 Å². The largest absolute Gasteiger partial charge is 0.393 e. The Morgan fingerprint density at radius 1 is 1.42 bits per heavy atom. The van der Waals surface area contributed by atoms with Gasteiger partial charge in [-0.3, -0.25) is 4.98 Å². The Balaban J connectivity index is 2.09. The van der Waals surface area contributed by atoms with Crippen molar-refractivity contribution in [3.8, 4) is 0 Å². The van der Waals surface area contributed by atoms with Crippen molar-refractivity contribution in [1.29, 1.82) is 0 Å². The van der Waals surface area contributed by atoms with E-state index >= 15 is 0 Å². The second-order valence-corrected chi connectivity index (χ2v) is 5.06. The normalized spacial score (nSPS) is 22.4. The first-order chi connectivity index (χ1) is 8.88. The highest BCUT2D eigenvalue weighted by atomic mass is 19.4. The summed E-state index contributed by atoms with van der Waals surface area (Å²) in [6.07, 6.45) is -1.74. The molecule has 0 radical (unpaired) electrons. The Morgan fingerprint density at radius 2 is 2.16 bits per heavy atom. The highest BCUT2D eigenvalue weighted by Crippen LogP contribution is 2.34. The predicted molar refractivity (Wildman–Crippen MR) is 67.8 cm³/mol. The van der Waals surface area contributed by atoms with Gasteiger partial charge in [-0.15, -0.1) is 0 Å². The summed E-state index contributed by atoms with van der Waals surface area (Å²) in [5.74, 6) is -1.24. The number of aromatic nitrogens is 1. The average molecular weight is 273 g/mol. The molecule has 1 aromatic rings. The monoisotopic (exact) mass is 273 g/mol. The van der Waals surface area contributed by atoms with E-state index in [1.165, 1.54) is 0 Å². The Bertz CT molecular complexity index is 414. The van der Waals surface area contributed by atoms with Crippen molar-refractivity contribution in [1.82, 2.24) is 4.98 Å². The van der Waals surface area contributed by atoms with E-state index in [4.69, 9.17) is 5.73 Å². The molecular formula is C13H18F3N3. The van der Waals surface area contributed by atoms with Crippen LogP contribution in [0.2, 0.25) is 0 Å². The molecule has 2 atom stereocenters. The summed E-state index contributed by atoms with van der Waals surface area (Å²) in [7, 11) is 0. The van der Waals surface area contributed by atoms with Crippen LogP contribution in [0.15, 0.2) is 18.3 Å². The second kappa shape index (κ2) is 5.36. The first kappa shape index (κ1) is 14.1. The van der Waals surface area contributed by atoms with Crippen molar-refractivity contribution >= 4 is 5.69 Å². The number of hydrogen-bond acceptors (Lipinski definition) is 3. The number of hydrogen-bond donors (Lipinski definition) is 1. The number of nitrogens with zero attached hydrogens (tertiary/aromatic N) is 2. The van der Waals surface area contributed by atoms with Crippen LogP contribution in [0.3, 0.4) is 0 Å². The molecule has 1 fully saturated rings. The quantitative estimate of drug-likeness (QED) is 0.901. The molecule has 106 valence electrons. The van der Waals surface area contributed by atoms with Gasteiger partial charge in [-0.05, 0) is 31.9 Å². The Morgan fingerprint density at radius 3 is 2.68 bits per heavy atom. The van der Waals surface area contributed by atoms with Gasteiger partial charge in [0, 0.05) is 19.1 Å². The molecule has 2 rings (SSSR count). The minimum Gasteiger partial charge on any atom is -0.370 e. The number of rotatable bonds is 2. The lowest BCUT2D eigenvalue weighted by molar-refractivity contribution is -0.175. The van der Waals surface area contributed by atoms with Crippen molar-refractivity contribution in [2.24, 2.45) is 11.7 Å². The lowest BCUT2D eigenvalue weighted by atomic mass is 9.97. The molecule has 2 heterocycles. The first-order valence-electron chi connectivity index (χ1n) is 6.41. The van der Waals surface area contributed by atoms with Crippen LogP contribution >= 0.6 is 0 Å². The van der Waals surface area contributed by atoms with Crippen LogP contribution in [0, 0.1) is 5.92 Å². The van der Waals surface area contributed by atoms with Gasteiger partial charge in [-0.1, -0.05) is 0 Å². The third-order valence-electron chi connectivity index (χ3n) is 3.49. The Kier molecular flexibility index (Phi) is 3.99. The smallest absolute Gasteiger partial charge is 0.370 e. The maximum absolute atomic E-state index is 12.7. The van der Waals surface area contributed by atoms with E-state index in [9.17, 15) is 13.2 Å². The van der Waals surface area contributed by atoms with Gasteiger partial charge >= 0.3 is 6.18 Å². The topological polar surface area (TPSA) is 42.1 Å². The van der Waals surface area contributed by atoms with Crippen molar-refractivity contribution in [3.05, 3.63) is 24.0 Å². The molecule has 0 saturated carbocycles. The Hall–Kier alpha value is -1.30. The van der Waals surface area contributed by atoms with Gasteiger partial charge in [0.15, 0.2) is 0 Å². The number of anilines is 1. The van der Waals surface area contributed by atoms with E-state index < -0.39 is 12.1 Å². The summed E-state index contributed by atoms with van der Waals surface area (Å²) in [6, 6.07) is 3.40. The van der Waals surface area contributed by atoms with Crippen molar-refractivity contribution in [3.63, 3.8) is 0 Å². The van der Waals surface area contributed by atoms with Crippen LogP contribution in [0.4, 0.5) is 18.9 Å². The molecule has 0 amide bonds. The summed E-state index contributed by atoms with van der Waals surface area (Å²) < 4.78 is 38.2. The molecule has 3 nitrogen and oxygen atoms in total. The molecule has 19 heavy (non-hydrogen) atoms. The summed E-state index contributed by atoms with van der Waals surface area (Å²) >= 11 is 0. The zero-order valence-electron chi connectivity index (χ0n) is 10.8. The molecule has 0 bridgehead atoms. The third kappa shape index (κ3) is 3.37. The lowest BCUT2D eigenvalue weighted by Gasteiger charge is -2.35. The van der Waals surface area contributed by atoms with Gasteiger partial charge in [0.05, 0.1) is 23.5 Å². The minimum absolute atomic E-state index is 0.0166. The summed E-state index contributed by atoms with van der Waals surface area (Å²) in [6.45, 7) is 2.48. The standard InChI is InChI=1S/C13H18F3N3/c1-9(17)12-5-4-11(7-18-12)19-6-2-3-10(8-19)13(14,15)16/h4-5,7,9-10H,2-3,6,8,17H2,1H3/t9-,10?/m1/s1. The number of alkyl halides is 3. The molecule has 1 saturated heterocycles. The zero-order valence-corrected chi connectivity index (χ0v) is 10.8. The zero-order chi connectivity index (χ0) is 14.0. The second-order valence-electron chi connectivity index (χ2n) is 5.06. The number of nitrogens with two attached hydrogens (primary N) is 1. The molecule has 0 aliphatic carbocycles. The SMILES string of the molecule is C[C@@H](N)c1ccc(N2CCCC(C(F)(F)F)C2)cn1.